The standard InChI is InChI=1S/C17H17N3O4S/c1-23-15-10-6-5-9-14(15)17-19-16(24-20-17)11-18-25(21,22)12-13-7-3-2-4-8-13/h2-10,18H,11-12H2,1H3. The highest BCUT2D eigenvalue weighted by atomic mass is 32.2. The van der Waals surface area contributed by atoms with E-state index in [1.165, 1.54) is 0 Å². The molecule has 0 saturated carbocycles. The summed E-state index contributed by atoms with van der Waals surface area (Å²) in [6.07, 6.45) is 0. The van der Waals surface area contributed by atoms with Gasteiger partial charge in [-0.05, 0) is 17.7 Å². The largest absolute Gasteiger partial charge is 0.496 e. The summed E-state index contributed by atoms with van der Waals surface area (Å²) >= 11 is 0. The molecule has 1 N–H and O–H groups in total. The molecule has 0 saturated heterocycles. The maximum atomic E-state index is 12.1. The van der Waals surface area contributed by atoms with Crippen molar-refractivity contribution in [1.29, 1.82) is 0 Å². The number of benzene rings is 2. The van der Waals surface area contributed by atoms with E-state index in [2.05, 4.69) is 14.9 Å². The Morgan fingerprint density at radius 2 is 1.80 bits per heavy atom. The first-order chi connectivity index (χ1) is 12.1. The number of para-hydroxylation sites is 1. The van der Waals surface area contributed by atoms with Crippen molar-refractivity contribution < 1.29 is 17.7 Å². The van der Waals surface area contributed by atoms with Crippen molar-refractivity contribution >= 4 is 10.0 Å². The summed E-state index contributed by atoms with van der Waals surface area (Å²) in [5.41, 5.74) is 1.38. The van der Waals surface area contributed by atoms with Crippen LogP contribution in [-0.2, 0) is 22.3 Å². The Morgan fingerprint density at radius 3 is 2.56 bits per heavy atom. The Bertz CT molecular complexity index is 939. The lowest BCUT2D eigenvalue weighted by Crippen LogP contribution is -2.24. The number of hydrogen-bond acceptors (Lipinski definition) is 6. The third-order valence-electron chi connectivity index (χ3n) is 3.46. The molecular weight excluding hydrogens is 342 g/mol. The highest BCUT2D eigenvalue weighted by molar-refractivity contribution is 7.88. The molecule has 3 aromatic rings. The van der Waals surface area contributed by atoms with Gasteiger partial charge in [-0.2, -0.15) is 4.98 Å². The van der Waals surface area contributed by atoms with Crippen LogP contribution in [0.3, 0.4) is 0 Å². The topological polar surface area (TPSA) is 94.3 Å². The Labute approximate surface area is 145 Å². The van der Waals surface area contributed by atoms with E-state index in [0.717, 1.165) is 0 Å². The first kappa shape index (κ1) is 17.1. The van der Waals surface area contributed by atoms with Gasteiger partial charge in [-0.3, -0.25) is 0 Å². The van der Waals surface area contributed by atoms with E-state index in [9.17, 15) is 8.42 Å². The fourth-order valence-corrected chi connectivity index (χ4v) is 3.36. The van der Waals surface area contributed by atoms with Crippen LogP contribution in [0.15, 0.2) is 59.1 Å². The Morgan fingerprint density at radius 1 is 1.08 bits per heavy atom. The van der Waals surface area contributed by atoms with E-state index in [0.29, 0.717) is 22.7 Å². The lowest BCUT2D eigenvalue weighted by Gasteiger charge is -2.04. The molecule has 0 aliphatic carbocycles. The van der Waals surface area contributed by atoms with Gasteiger partial charge in [-0.1, -0.05) is 47.6 Å². The normalized spacial score (nSPS) is 11.4. The van der Waals surface area contributed by atoms with Crippen LogP contribution >= 0.6 is 0 Å². The summed E-state index contributed by atoms with van der Waals surface area (Å²) in [7, 11) is -1.95. The number of aromatic nitrogens is 2. The van der Waals surface area contributed by atoms with Crippen LogP contribution in [0.2, 0.25) is 0 Å². The van der Waals surface area contributed by atoms with Crippen molar-refractivity contribution in [3.8, 4) is 17.1 Å². The Hall–Kier alpha value is -2.71. The van der Waals surface area contributed by atoms with Crippen molar-refractivity contribution in [3.05, 3.63) is 66.1 Å². The van der Waals surface area contributed by atoms with Gasteiger partial charge >= 0.3 is 0 Å². The molecular formula is C17H17N3O4S. The molecule has 0 unspecified atom stereocenters. The molecule has 3 rings (SSSR count). The zero-order chi connectivity index (χ0) is 17.7. The van der Waals surface area contributed by atoms with Crippen molar-refractivity contribution in [1.82, 2.24) is 14.9 Å². The van der Waals surface area contributed by atoms with Crippen molar-refractivity contribution in [3.63, 3.8) is 0 Å². The van der Waals surface area contributed by atoms with Gasteiger partial charge in [-0.25, -0.2) is 13.1 Å². The number of nitrogens with zero attached hydrogens (tertiary/aromatic N) is 2. The van der Waals surface area contributed by atoms with Gasteiger partial charge in [0.25, 0.3) is 0 Å². The van der Waals surface area contributed by atoms with Crippen LogP contribution in [0.1, 0.15) is 11.5 Å². The highest BCUT2D eigenvalue weighted by Gasteiger charge is 2.16. The number of hydrogen-bond donors (Lipinski definition) is 1. The van der Waals surface area contributed by atoms with Gasteiger partial charge in [0.05, 0.1) is 25.0 Å². The van der Waals surface area contributed by atoms with Crippen molar-refractivity contribution in [2.75, 3.05) is 7.11 Å². The van der Waals surface area contributed by atoms with Crippen molar-refractivity contribution in [2.45, 2.75) is 12.3 Å². The fourth-order valence-electron chi connectivity index (χ4n) is 2.28. The zero-order valence-electron chi connectivity index (χ0n) is 13.5. The number of rotatable bonds is 7. The number of sulfonamides is 1. The molecule has 0 radical (unpaired) electrons. The second-order valence-electron chi connectivity index (χ2n) is 5.28. The van der Waals surface area contributed by atoms with Gasteiger partial charge in [0, 0.05) is 0 Å². The van der Waals surface area contributed by atoms with Gasteiger partial charge in [0.2, 0.25) is 21.7 Å². The minimum atomic E-state index is -3.50. The molecule has 8 heteroatoms. The molecule has 25 heavy (non-hydrogen) atoms. The van der Waals surface area contributed by atoms with E-state index in [-0.39, 0.29) is 18.2 Å². The lowest BCUT2D eigenvalue weighted by molar-refractivity contribution is 0.375. The molecule has 2 aromatic carbocycles. The molecule has 0 aliphatic rings. The molecule has 0 aliphatic heterocycles. The van der Waals surface area contributed by atoms with E-state index < -0.39 is 10.0 Å². The second-order valence-corrected chi connectivity index (χ2v) is 7.08. The van der Waals surface area contributed by atoms with Crippen molar-refractivity contribution in [2.24, 2.45) is 0 Å². The lowest BCUT2D eigenvalue weighted by atomic mass is 10.2. The first-order valence-electron chi connectivity index (χ1n) is 7.54. The van der Waals surface area contributed by atoms with Crippen LogP contribution < -0.4 is 9.46 Å². The number of ether oxygens (including phenoxy) is 1. The summed E-state index contributed by atoms with van der Waals surface area (Å²) in [6, 6.07) is 16.2. The smallest absolute Gasteiger partial charge is 0.242 e. The first-order valence-corrected chi connectivity index (χ1v) is 9.20. The van der Waals surface area contributed by atoms with Crippen LogP contribution in [0.4, 0.5) is 0 Å². The number of nitrogens with one attached hydrogen (secondary N) is 1. The minimum absolute atomic E-state index is 0.0721. The summed E-state index contributed by atoms with van der Waals surface area (Å²) < 4.78 is 37.1. The van der Waals surface area contributed by atoms with Gasteiger partial charge in [0.15, 0.2) is 0 Å². The average Bonchev–Trinajstić information content (AvgIpc) is 3.09. The molecule has 7 nitrogen and oxygen atoms in total. The van der Waals surface area contributed by atoms with Gasteiger partial charge in [0.1, 0.15) is 5.75 Å². The molecule has 0 fully saturated rings. The Kier molecular flexibility index (Phi) is 5.11. The molecule has 1 aromatic heterocycles. The summed E-state index contributed by atoms with van der Waals surface area (Å²) in [5, 5.41) is 3.88. The van der Waals surface area contributed by atoms with E-state index >= 15 is 0 Å². The monoisotopic (exact) mass is 359 g/mol. The third kappa shape index (κ3) is 4.43. The maximum absolute atomic E-state index is 12.1. The quantitative estimate of drug-likeness (QED) is 0.696. The maximum Gasteiger partial charge on any atom is 0.242 e. The predicted octanol–water partition coefficient (Wildman–Crippen LogP) is 2.36. The molecule has 0 bridgehead atoms. The van der Waals surface area contributed by atoms with E-state index in [1.54, 1.807) is 43.5 Å². The fraction of sp³-hybridized carbons (Fsp3) is 0.176. The summed E-state index contributed by atoms with van der Waals surface area (Å²) in [6.45, 7) is -0.0721. The zero-order valence-corrected chi connectivity index (χ0v) is 14.4. The van der Waals surface area contributed by atoms with Crippen LogP contribution in [-0.4, -0.2) is 25.7 Å². The van der Waals surface area contributed by atoms with Gasteiger partial charge < -0.3 is 9.26 Å². The molecule has 0 atom stereocenters. The third-order valence-corrected chi connectivity index (χ3v) is 4.76. The molecule has 1 heterocycles. The summed E-state index contributed by atoms with van der Waals surface area (Å²) in [4.78, 5) is 4.21. The molecule has 0 amide bonds. The highest BCUT2D eigenvalue weighted by Crippen LogP contribution is 2.26. The van der Waals surface area contributed by atoms with Gasteiger partial charge in [-0.15, -0.1) is 0 Å². The van der Waals surface area contributed by atoms with Crippen LogP contribution in [0, 0.1) is 0 Å². The number of methoxy groups -OCH3 is 1. The summed E-state index contributed by atoms with van der Waals surface area (Å²) in [5.74, 6) is 1.02. The van der Waals surface area contributed by atoms with Crippen LogP contribution in [0.25, 0.3) is 11.4 Å². The minimum Gasteiger partial charge on any atom is -0.496 e. The molecule has 0 spiro atoms. The molecule has 130 valence electrons. The Balaban J connectivity index is 1.67. The SMILES string of the molecule is COc1ccccc1-c1noc(CNS(=O)(=O)Cc2ccccc2)n1. The van der Waals surface area contributed by atoms with E-state index in [1.807, 2.05) is 18.2 Å². The average molecular weight is 359 g/mol. The van der Waals surface area contributed by atoms with Crippen LogP contribution in [0.5, 0.6) is 5.75 Å². The second kappa shape index (κ2) is 7.45. The predicted molar refractivity (Wildman–Crippen MR) is 92.2 cm³/mol. The van der Waals surface area contributed by atoms with E-state index in [4.69, 9.17) is 9.26 Å².